The van der Waals surface area contributed by atoms with E-state index in [0.717, 1.165) is 12.8 Å². The molecule has 0 aliphatic heterocycles. The second kappa shape index (κ2) is 8.50. The smallest absolute Gasteiger partial charge is 0.0680 e. The molecule has 22 heavy (non-hydrogen) atoms. The lowest BCUT2D eigenvalue weighted by Crippen LogP contribution is -2.14. The summed E-state index contributed by atoms with van der Waals surface area (Å²) in [7, 11) is 0. The van der Waals surface area contributed by atoms with Crippen molar-refractivity contribution in [1.82, 2.24) is 0 Å². The van der Waals surface area contributed by atoms with Crippen LogP contribution in [0.15, 0.2) is 82.1 Å². The molecular weight excluding hydrogens is 304 g/mol. The number of allylic oxidation sites excluding steroid dienone is 2. The monoisotopic (exact) mass is 328 g/mol. The zero-order valence-electron chi connectivity index (χ0n) is 13.6. The first-order valence-corrected chi connectivity index (χ1v) is 9.32. The van der Waals surface area contributed by atoms with E-state index in [1.807, 2.05) is 23.5 Å². The number of hydrogen-bond donors (Lipinski definition) is 0. The maximum Gasteiger partial charge on any atom is 0.0680 e. The molecule has 0 bridgehead atoms. The molecule has 0 N–H and O–H groups in total. The topological polar surface area (TPSA) is 0 Å². The van der Waals surface area contributed by atoms with Crippen molar-refractivity contribution < 1.29 is 0 Å². The highest BCUT2D eigenvalue weighted by atomic mass is 32.2. The van der Waals surface area contributed by atoms with E-state index in [4.69, 9.17) is 0 Å². The molecule has 2 heteroatoms. The lowest BCUT2D eigenvalue weighted by molar-refractivity contribution is 0.780. The molecule has 2 aromatic carbocycles. The highest BCUT2D eigenvalue weighted by Gasteiger charge is 2.26. The van der Waals surface area contributed by atoms with E-state index in [2.05, 4.69) is 87.5 Å². The molecule has 0 saturated carbocycles. The molecular formula is C20H24S2. The lowest BCUT2D eigenvalue weighted by Gasteiger charge is -2.28. The summed E-state index contributed by atoms with van der Waals surface area (Å²) >= 11 is 3.94. The molecule has 0 atom stereocenters. The van der Waals surface area contributed by atoms with Gasteiger partial charge in [0.15, 0.2) is 0 Å². The Bertz CT molecular complexity index is 542. The van der Waals surface area contributed by atoms with Crippen molar-refractivity contribution in [2.45, 2.75) is 47.5 Å². The van der Waals surface area contributed by atoms with E-state index in [0.29, 0.717) is 0 Å². The largest absolute Gasteiger partial charge is 0.108 e. The van der Waals surface area contributed by atoms with Gasteiger partial charge >= 0.3 is 0 Å². The fraction of sp³-hybridized carbons (Fsp3) is 0.300. The van der Waals surface area contributed by atoms with Crippen molar-refractivity contribution in [3.8, 4) is 0 Å². The molecule has 0 saturated heterocycles. The third-order valence-electron chi connectivity index (χ3n) is 3.30. The minimum absolute atomic E-state index is 0.134. The molecule has 2 aromatic rings. The molecule has 2 rings (SSSR count). The first-order valence-electron chi connectivity index (χ1n) is 7.69. The van der Waals surface area contributed by atoms with Crippen LogP contribution in [0.4, 0.5) is 0 Å². The van der Waals surface area contributed by atoms with Crippen LogP contribution in [-0.2, 0) is 0 Å². The Morgan fingerprint density at radius 3 is 1.73 bits per heavy atom. The van der Waals surface area contributed by atoms with Gasteiger partial charge in [0.25, 0.3) is 0 Å². The zero-order valence-corrected chi connectivity index (χ0v) is 15.2. The molecule has 0 aliphatic carbocycles. The van der Waals surface area contributed by atoms with Crippen LogP contribution in [-0.4, -0.2) is 4.08 Å². The summed E-state index contributed by atoms with van der Waals surface area (Å²) in [5, 5.41) is 0. The fourth-order valence-corrected chi connectivity index (χ4v) is 4.99. The lowest BCUT2D eigenvalue weighted by atomic mass is 10.2. The van der Waals surface area contributed by atoms with Gasteiger partial charge in [-0.1, -0.05) is 48.0 Å². The van der Waals surface area contributed by atoms with Crippen LogP contribution in [0.25, 0.3) is 0 Å². The molecule has 0 fully saturated rings. The van der Waals surface area contributed by atoms with Gasteiger partial charge in [0.2, 0.25) is 0 Å². The van der Waals surface area contributed by atoms with Crippen LogP contribution in [0.3, 0.4) is 0 Å². The van der Waals surface area contributed by atoms with E-state index >= 15 is 0 Å². The van der Waals surface area contributed by atoms with E-state index < -0.39 is 0 Å². The molecule has 0 spiro atoms. The predicted octanol–water partition coefficient (Wildman–Crippen LogP) is 7.03. The maximum absolute atomic E-state index is 2.36. The van der Waals surface area contributed by atoms with Gasteiger partial charge in [-0.05, 0) is 57.9 Å². The van der Waals surface area contributed by atoms with Crippen molar-refractivity contribution >= 4 is 23.5 Å². The van der Waals surface area contributed by atoms with Gasteiger partial charge in [0, 0.05) is 9.79 Å². The van der Waals surface area contributed by atoms with Gasteiger partial charge in [-0.25, -0.2) is 0 Å². The highest BCUT2D eigenvalue weighted by molar-refractivity contribution is 8.18. The summed E-state index contributed by atoms with van der Waals surface area (Å²) in [6, 6.07) is 21.4. The normalized spacial score (nSPS) is 11.2. The minimum atomic E-state index is 0.134. The van der Waals surface area contributed by atoms with Crippen LogP contribution in [0.2, 0.25) is 0 Å². The SMILES string of the molecule is CC(C)=CCCC(C)(Sc1ccccc1)Sc1ccccc1. The average molecular weight is 329 g/mol. The van der Waals surface area contributed by atoms with Gasteiger partial charge in [0.05, 0.1) is 4.08 Å². The molecule has 0 aromatic heterocycles. The minimum Gasteiger partial charge on any atom is -0.108 e. The molecule has 116 valence electrons. The first kappa shape index (κ1) is 17.2. The summed E-state index contributed by atoms with van der Waals surface area (Å²) in [5.74, 6) is 0. The van der Waals surface area contributed by atoms with Gasteiger partial charge in [-0.3, -0.25) is 0 Å². The van der Waals surface area contributed by atoms with Crippen LogP contribution in [0.5, 0.6) is 0 Å². The second-order valence-corrected chi connectivity index (χ2v) is 9.20. The van der Waals surface area contributed by atoms with Crippen molar-refractivity contribution in [1.29, 1.82) is 0 Å². The van der Waals surface area contributed by atoms with Crippen LogP contribution < -0.4 is 0 Å². The Balaban J connectivity index is 2.13. The van der Waals surface area contributed by atoms with Gasteiger partial charge < -0.3 is 0 Å². The van der Waals surface area contributed by atoms with E-state index in [-0.39, 0.29) is 4.08 Å². The summed E-state index contributed by atoms with van der Waals surface area (Å²) in [5.41, 5.74) is 1.40. The maximum atomic E-state index is 2.36. The predicted molar refractivity (Wildman–Crippen MR) is 102 cm³/mol. The first-order chi connectivity index (χ1) is 10.6. The fourth-order valence-electron chi connectivity index (χ4n) is 2.22. The quantitative estimate of drug-likeness (QED) is 0.304. The summed E-state index contributed by atoms with van der Waals surface area (Å²) < 4.78 is 0.134. The number of rotatable bonds is 7. The Kier molecular flexibility index (Phi) is 6.66. The van der Waals surface area contributed by atoms with Crippen molar-refractivity contribution in [2.24, 2.45) is 0 Å². The summed E-state index contributed by atoms with van der Waals surface area (Å²) in [6.07, 6.45) is 4.62. The molecule has 0 radical (unpaired) electrons. The Morgan fingerprint density at radius 1 is 0.864 bits per heavy atom. The number of hydrogen-bond acceptors (Lipinski definition) is 2. The zero-order chi connectivity index (χ0) is 15.8. The molecule has 0 amide bonds. The standard InChI is InChI=1S/C20H24S2/c1-17(2)11-10-16-20(3,21-18-12-6-4-7-13-18)22-19-14-8-5-9-15-19/h4-9,11-15H,10,16H2,1-3H3. The third-order valence-corrected chi connectivity index (χ3v) is 6.09. The highest BCUT2D eigenvalue weighted by Crippen LogP contribution is 2.48. The molecule has 0 aliphatic rings. The second-order valence-electron chi connectivity index (χ2n) is 5.78. The van der Waals surface area contributed by atoms with Crippen molar-refractivity contribution in [3.63, 3.8) is 0 Å². The Hall–Kier alpha value is -1.12. The Morgan fingerprint density at radius 2 is 1.32 bits per heavy atom. The van der Waals surface area contributed by atoms with Gasteiger partial charge in [0.1, 0.15) is 0 Å². The van der Waals surface area contributed by atoms with Crippen LogP contribution in [0, 0.1) is 0 Å². The Labute approximate surface area is 143 Å². The van der Waals surface area contributed by atoms with Gasteiger partial charge in [-0.15, -0.1) is 23.5 Å². The van der Waals surface area contributed by atoms with Gasteiger partial charge in [-0.2, -0.15) is 0 Å². The van der Waals surface area contributed by atoms with E-state index in [1.165, 1.54) is 15.4 Å². The van der Waals surface area contributed by atoms with Crippen LogP contribution >= 0.6 is 23.5 Å². The molecule has 0 unspecified atom stereocenters. The average Bonchev–Trinajstić information content (AvgIpc) is 2.48. The molecule has 0 heterocycles. The van der Waals surface area contributed by atoms with Crippen molar-refractivity contribution in [2.75, 3.05) is 0 Å². The summed E-state index contributed by atoms with van der Waals surface area (Å²) in [4.78, 5) is 2.68. The third kappa shape index (κ3) is 5.94. The number of benzene rings is 2. The summed E-state index contributed by atoms with van der Waals surface area (Å²) in [6.45, 7) is 6.71. The number of thioether (sulfide) groups is 2. The van der Waals surface area contributed by atoms with E-state index in [1.54, 1.807) is 0 Å². The van der Waals surface area contributed by atoms with E-state index in [9.17, 15) is 0 Å². The molecule has 0 nitrogen and oxygen atoms in total. The van der Waals surface area contributed by atoms with Crippen LogP contribution in [0.1, 0.15) is 33.6 Å². The van der Waals surface area contributed by atoms with Crippen molar-refractivity contribution in [3.05, 3.63) is 72.3 Å².